The van der Waals surface area contributed by atoms with Crippen LogP contribution >= 0.6 is 11.3 Å². The Labute approximate surface area is 183 Å². The van der Waals surface area contributed by atoms with E-state index in [1.807, 2.05) is 18.2 Å². The van der Waals surface area contributed by atoms with Gasteiger partial charge in [0.1, 0.15) is 10.6 Å². The second kappa shape index (κ2) is 8.45. The average molecular weight is 432 g/mol. The molecular formula is C24H21N3O3S. The van der Waals surface area contributed by atoms with Gasteiger partial charge in [-0.2, -0.15) is 0 Å². The van der Waals surface area contributed by atoms with E-state index in [2.05, 4.69) is 22.4 Å². The first-order chi connectivity index (χ1) is 15.2. The highest BCUT2D eigenvalue weighted by Crippen LogP contribution is 2.23. The molecule has 1 saturated heterocycles. The molecule has 0 radical (unpaired) electrons. The highest BCUT2D eigenvalue weighted by molar-refractivity contribution is 7.09. The lowest BCUT2D eigenvalue weighted by atomic mass is 10.2. The molecule has 7 heteroatoms. The maximum Gasteiger partial charge on any atom is 0.289 e. The zero-order chi connectivity index (χ0) is 21.2. The van der Waals surface area contributed by atoms with Crippen LogP contribution in [0.1, 0.15) is 15.6 Å². The van der Waals surface area contributed by atoms with Gasteiger partial charge in [-0.15, -0.1) is 11.3 Å². The van der Waals surface area contributed by atoms with Crippen molar-refractivity contribution in [3.05, 3.63) is 87.0 Å². The molecule has 3 heterocycles. The number of thiazole rings is 1. The maximum atomic E-state index is 12.9. The van der Waals surface area contributed by atoms with Gasteiger partial charge < -0.3 is 9.32 Å². The largest absolute Gasteiger partial charge is 0.451 e. The molecule has 1 aliphatic rings. The van der Waals surface area contributed by atoms with Crippen LogP contribution < -0.4 is 5.43 Å². The van der Waals surface area contributed by atoms with Gasteiger partial charge in [-0.25, -0.2) is 4.98 Å². The lowest BCUT2D eigenvalue weighted by molar-refractivity contribution is 0.0598. The summed E-state index contributed by atoms with van der Waals surface area (Å²) in [5.41, 5.74) is 2.37. The van der Waals surface area contributed by atoms with Gasteiger partial charge >= 0.3 is 0 Å². The number of carbonyl (C=O) groups is 1. The molecule has 2 aromatic carbocycles. The van der Waals surface area contributed by atoms with Crippen LogP contribution in [0.5, 0.6) is 0 Å². The van der Waals surface area contributed by atoms with E-state index in [0.717, 1.165) is 35.9 Å². The number of hydrogen-bond donors (Lipinski definition) is 0. The van der Waals surface area contributed by atoms with Crippen molar-refractivity contribution in [1.29, 1.82) is 0 Å². The van der Waals surface area contributed by atoms with Gasteiger partial charge in [0.05, 0.1) is 17.6 Å². The summed E-state index contributed by atoms with van der Waals surface area (Å²) in [6, 6.07) is 18.5. The number of rotatable bonds is 4. The average Bonchev–Trinajstić information content (AvgIpc) is 3.28. The van der Waals surface area contributed by atoms with Crippen LogP contribution in [0.15, 0.2) is 75.3 Å². The fourth-order valence-electron chi connectivity index (χ4n) is 3.79. The van der Waals surface area contributed by atoms with Gasteiger partial charge in [0, 0.05) is 43.2 Å². The molecular weight excluding hydrogens is 410 g/mol. The fourth-order valence-corrected chi connectivity index (χ4v) is 4.64. The van der Waals surface area contributed by atoms with Gasteiger partial charge in [0.25, 0.3) is 5.91 Å². The number of carbonyl (C=O) groups excluding carboxylic acids is 1. The SMILES string of the molecule is O=C(c1cc(=O)c2ccccc2o1)N1CCN(Cc2nc(-c3ccccc3)cs2)CC1. The van der Waals surface area contributed by atoms with Crippen molar-refractivity contribution in [2.75, 3.05) is 26.2 Å². The number of amides is 1. The van der Waals surface area contributed by atoms with E-state index in [-0.39, 0.29) is 17.1 Å². The third-order valence-corrected chi connectivity index (χ3v) is 6.32. The summed E-state index contributed by atoms with van der Waals surface area (Å²) < 4.78 is 5.71. The first-order valence-electron chi connectivity index (χ1n) is 10.2. The molecule has 156 valence electrons. The van der Waals surface area contributed by atoms with Gasteiger partial charge in [-0.05, 0) is 12.1 Å². The number of para-hydroxylation sites is 1. The predicted molar refractivity (Wildman–Crippen MR) is 121 cm³/mol. The van der Waals surface area contributed by atoms with Gasteiger partial charge in [0.2, 0.25) is 0 Å². The summed E-state index contributed by atoms with van der Waals surface area (Å²) in [6.07, 6.45) is 0. The van der Waals surface area contributed by atoms with Crippen molar-refractivity contribution in [3.8, 4) is 11.3 Å². The molecule has 4 aromatic rings. The molecule has 5 rings (SSSR count). The summed E-state index contributed by atoms with van der Waals surface area (Å²) >= 11 is 1.66. The quantitative estimate of drug-likeness (QED) is 0.491. The van der Waals surface area contributed by atoms with Crippen molar-refractivity contribution >= 4 is 28.2 Å². The van der Waals surface area contributed by atoms with Crippen LogP contribution in [-0.4, -0.2) is 46.9 Å². The zero-order valence-electron chi connectivity index (χ0n) is 16.9. The second-order valence-electron chi connectivity index (χ2n) is 7.53. The Morgan fingerprint density at radius 2 is 1.74 bits per heavy atom. The van der Waals surface area contributed by atoms with E-state index in [4.69, 9.17) is 9.40 Å². The molecule has 0 atom stereocenters. The summed E-state index contributed by atoms with van der Waals surface area (Å²) in [5, 5.41) is 3.65. The van der Waals surface area contributed by atoms with E-state index in [9.17, 15) is 9.59 Å². The standard InChI is InChI=1S/C24H21N3O3S/c28-20-14-22(30-21-9-5-4-8-18(20)21)24(29)27-12-10-26(11-13-27)15-23-25-19(16-31-23)17-6-2-1-3-7-17/h1-9,14,16H,10-13,15H2. The Hall–Kier alpha value is -3.29. The Balaban J connectivity index is 1.22. The molecule has 0 unspecified atom stereocenters. The molecule has 0 bridgehead atoms. The van der Waals surface area contributed by atoms with Gasteiger partial charge in [-0.3, -0.25) is 14.5 Å². The Morgan fingerprint density at radius 1 is 1.00 bits per heavy atom. The molecule has 0 spiro atoms. The molecule has 1 amide bonds. The lowest BCUT2D eigenvalue weighted by Gasteiger charge is -2.33. The Kier molecular flexibility index (Phi) is 5.36. The molecule has 0 N–H and O–H groups in total. The lowest BCUT2D eigenvalue weighted by Crippen LogP contribution is -2.48. The number of piperazine rings is 1. The second-order valence-corrected chi connectivity index (χ2v) is 8.47. The number of aromatic nitrogens is 1. The van der Waals surface area contributed by atoms with E-state index in [0.29, 0.717) is 24.1 Å². The van der Waals surface area contributed by atoms with Crippen LogP contribution in [0.4, 0.5) is 0 Å². The highest BCUT2D eigenvalue weighted by atomic mass is 32.1. The van der Waals surface area contributed by atoms with E-state index in [1.165, 1.54) is 6.07 Å². The molecule has 31 heavy (non-hydrogen) atoms. The van der Waals surface area contributed by atoms with E-state index >= 15 is 0 Å². The number of benzene rings is 2. The summed E-state index contributed by atoms with van der Waals surface area (Å²) in [6.45, 7) is 3.46. The normalized spacial score (nSPS) is 14.8. The number of fused-ring (bicyclic) bond motifs is 1. The smallest absolute Gasteiger partial charge is 0.289 e. The number of nitrogens with zero attached hydrogens (tertiary/aromatic N) is 3. The summed E-state index contributed by atoms with van der Waals surface area (Å²) in [5.74, 6) is -0.132. The van der Waals surface area contributed by atoms with Gasteiger partial charge in [0.15, 0.2) is 11.2 Å². The third-order valence-electron chi connectivity index (χ3n) is 5.49. The third kappa shape index (κ3) is 4.15. The predicted octanol–water partition coefficient (Wildman–Crippen LogP) is 3.87. The molecule has 2 aromatic heterocycles. The molecule has 0 aliphatic carbocycles. The van der Waals surface area contributed by atoms with E-state index in [1.54, 1.807) is 40.5 Å². The molecule has 0 saturated carbocycles. The first-order valence-corrected chi connectivity index (χ1v) is 11.1. The Bertz CT molecular complexity index is 1270. The topological polar surface area (TPSA) is 66.7 Å². The minimum atomic E-state index is -0.233. The van der Waals surface area contributed by atoms with Crippen molar-refractivity contribution in [3.63, 3.8) is 0 Å². The van der Waals surface area contributed by atoms with Crippen LogP contribution in [0.25, 0.3) is 22.2 Å². The molecule has 1 aliphatic heterocycles. The number of hydrogen-bond acceptors (Lipinski definition) is 6. The fraction of sp³-hybridized carbons (Fsp3) is 0.208. The van der Waals surface area contributed by atoms with Gasteiger partial charge in [-0.1, -0.05) is 42.5 Å². The minimum Gasteiger partial charge on any atom is -0.451 e. The zero-order valence-corrected chi connectivity index (χ0v) is 17.7. The first kappa shape index (κ1) is 19.7. The minimum absolute atomic E-state index is 0.101. The van der Waals surface area contributed by atoms with Crippen LogP contribution in [-0.2, 0) is 6.54 Å². The van der Waals surface area contributed by atoms with Crippen molar-refractivity contribution in [1.82, 2.24) is 14.8 Å². The Morgan fingerprint density at radius 3 is 2.55 bits per heavy atom. The van der Waals surface area contributed by atoms with E-state index < -0.39 is 0 Å². The van der Waals surface area contributed by atoms with Crippen molar-refractivity contribution < 1.29 is 9.21 Å². The van der Waals surface area contributed by atoms with Crippen molar-refractivity contribution in [2.24, 2.45) is 0 Å². The summed E-state index contributed by atoms with van der Waals surface area (Å²) in [4.78, 5) is 34.0. The maximum absolute atomic E-state index is 12.9. The van der Waals surface area contributed by atoms with Crippen molar-refractivity contribution in [2.45, 2.75) is 6.54 Å². The van der Waals surface area contributed by atoms with Crippen LogP contribution in [0.3, 0.4) is 0 Å². The highest BCUT2D eigenvalue weighted by Gasteiger charge is 2.25. The summed E-state index contributed by atoms with van der Waals surface area (Å²) in [7, 11) is 0. The monoisotopic (exact) mass is 431 g/mol. The molecule has 6 nitrogen and oxygen atoms in total. The van der Waals surface area contributed by atoms with Crippen LogP contribution in [0, 0.1) is 0 Å². The van der Waals surface area contributed by atoms with Crippen LogP contribution in [0.2, 0.25) is 0 Å². The molecule has 1 fully saturated rings.